The van der Waals surface area contributed by atoms with Crippen LogP contribution in [0.3, 0.4) is 0 Å². The van der Waals surface area contributed by atoms with Crippen molar-refractivity contribution >= 4 is 0 Å². The van der Waals surface area contributed by atoms with Crippen LogP contribution >= 0.6 is 0 Å². The Balaban J connectivity index is 2.82. The van der Waals surface area contributed by atoms with E-state index in [1.807, 2.05) is 13.0 Å². The van der Waals surface area contributed by atoms with E-state index in [1.165, 1.54) is 5.56 Å². The van der Waals surface area contributed by atoms with Crippen molar-refractivity contribution in [1.29, 1.82) is 0 Å². The van der Waals surface area contributed by atoms with Crippen LogP contribution in [0.15, 0.2) is 18.2 Å². The quantitative estimate of drug-likeness (QED) is 0.699. The van der Waals surface area contributed by atoms with E-state index in [2.05, 4.69) is 50.1 Å². The van der Waals surface area contributed by atoms with Gasteiger partial charge in [0.05, 0.1) is 19.8 Å². The fraction of sp³-hybridized carbons (Fsp3) is 0.556. The zero-order valence-corrected chi connectivity index (χ0v) is 13.7. The van der Waals surface area contributed by atoms with Gasteiger partial charge in [0, 0.05) is 6.04 Å². The fourth-order valence-electron chi connectivity index (χ4n) is 1.86. The molecule has 0 saturated heterocycles. The Kier molecular flexibility index (Phi) is 8.38. The van der Waals surface area contributed by atoms with Gasteiger partial charge in [0.25, 0.3) is 0 Å². The average molecular weight is 289 g/mol. The third-order valence-corrected chi connectivity index (χ3v) is 3.06. The molecule has 1 N–H and O–H groups in total. The van der Waals surface area contributed by atoms with Gasteiger partial charge in [-0.2, -0.15) is 0 Å². The van der Waals surface area contributed by atoms with Gasteiger partial charge in [-0.3, -0.25) is 5.32 Å². The summed E-state index contributed by atoms with van der Waals surface area (Å²) < 4.78 is 11.6. The first-order valence-corrected chi connectivity index (χ1v) is 7.75. The van der Waals surface area contributed by atoms with E-state index < -0.39 is 0 Å². The largest absolute Gasteiger partial charge is 0.490 e. The van der Waals surface area contributed by atoms with E-state index in [9.17, 15) is 0 Å². The first-order chi connectivity index (χ1) is 10.2. The van der Waals surface area contributed by atoms with Crippen LogP contribution in [0, 0.1) is 11.8 Å². The highest BCUT2D eigenvalue weighted by Gasteiger charge is 2.10. The summed E-state index contributed by atoms with van der Waals surface area (Å²) in [5.74, 6) is 7.57. The minimum atomic E-state index is 0.232. The Morgan fingerprint density at radius 3 is 2.38 bits per heavy atom. The van der Waals surface area contributed by atoms with E-state index >= 15 is 0 Å². The van der Waals surface area contributed by atoms with Gasteiger partial charge in [-0.15, -0.1) is 5.92 Å². The Labute approximate surface area is 129 Å². The molecule has 3 heteroatoms. The van der Waals surface area contributed by atoms with E-state index in [0.717, 1.165) is 24.3 Å². The Morgan fingerprint density at radius 2 is 1.76 bits per heavy atom. The number of ether oxygens (including phenoxy) is 2. The molecule has 0 fully saturated rings. The molecule has 1 rings (SSSR count). The third-order valence-electron chi connectivity index (χ3n) is 3.06. The molecule has 0 radical (unpaired) electrons. The van der Waals surface area contributed by atoms with Crippen LogP contribution in [0.1, 0.15) is 52.1 Å². The van der Waals surface area contributed by atoms with Crippen LogP contribution in [0.25, 0.3) is 0 Å². The molecule has 0 aliphatic carbocycles. The first-order valence-electron chi connectivity index (χ1n) is 7.75. The van der Waals surface area contributed by atoms with E-state index in [1.54, 1.807) is 0 Å². The zero-order valence-electron chi connectivity index (χ0n) is 13.7. The molecule has 1 atom stereocenters. The molecular formula is C18H27NO2. The van der Waals surface area contributed by atoms with Gasteiger partial charge in [-0.1, -0.05) is 25.8 Å². The van der Waals surface area contributed by atoms with Crippen molar-refractivity contribution in [3.8, 4) is 23.3 Å². The lowest BCUT2D eigenvalue weighted by atomic mass is 10.1. The number of rotatable bonds is 9. The average Bonchev–Trinajstić information content (AvgIpc) is 2.51. The van der Waals surface area contributed by atoms with Crippen molar-refractivity contribution in [1.82, 2.24) is 5.32 Å². The highest BCUT2D eigenvalue weighted by molar-refractivity contribution is 5.44. The third kappa shape index (κ3) is 6.10. The number of nitrogens with one attached hydrogen (secondary N) is 1. The van der Waals surface area contributed by atoms with E-state index in [0.29, 0.717) is 19.8 Å². The molecule has 0 aromatic heterocycles. The van der Waals surface area contributed by atoms with E-state index in [4.69, 9.17) is 9.47 Å². The van der Waals surface area contributed by atoms with Gasteiger partial charge in [-0.25, -0.2) is 0 Å². The van der Waals surface area contributed by atoms with Crippen LogP contribution in [-0.4, -0.2) is 19.8 Å². The second kappa shape index (κ2) is 10.1. The van der Waals surface area contributed by atoms with Crippen LogP contribution in [-0.2, 0) is 0 Å². The predicted octanol–water partition coefficient (Wildman–Crippen LogP) is 3.94. The second-order valence-corrected chi connectivity index (χ2v) is 4.93. The summed E-state index contributed by atoms with van der Waals surface area (Å²) in [4.78, 5) is 0. The van der Waals surface area contributed by atoms with E-state index in [-0.39, 0.29) is 6.04 Å². The molecule has 21 heavy (non-hydrogen) atoms. The smallest absolute Gasteiger partial charge is 0.161 e. The van der Waals surface area contributed by atoms with Crippen LogP contribution in [0.5, 0.6) is 11.5 Å². The maximum Gasteiger partial charge on any atom is 0.161 e. The summed E-state index contributed by atoms with van der Waals surface area (Å²) in [6.07, 6.45) is 1.97. The lowest BCUT2D eigenvalue weighted by Crippen LogP contribution is -2.18. The van der Waals surface area contributed by atoms with Gasteiger partial charge in [-0.05, 0) is 44.4 Å². The summed E-state index contributed by atoms with van der Waals surface area (Å²) >= 11 is 0. The Bertz CT molecular complexity index is 474. The highest BCUT2D eigenvalue weighted by atomic mass is 16.5. The highest BCUT2D eigenvalue weighted by Crippen LogP contribution is 2.31. The molecule has 0 aliphatic heterocycles. The normalized spacial score (nSPS) is 11.4. The van der Waals surface area contributed by atoms with Crippen molar-refractivity contribution in [3.63, 3.8) is 0 Å². The van der Waals surface area contributed by atoms with Crippen LogP contribution in [0.2, 0.25) is 0 Å². The minimum Gasteiger partial charge on any atom is -0.490 e. The molecule has 0 saturated carbocycles. The summed E-state index contributed by atoms with van der Waals surface area (Å²) in [5.41, 5.74) is 1.18. The molecule has 0 bridgehead atoms. The second-order valence-electron chi connectivity index (χ2n) is 4.93. The summed E-state index contributed by atoms with van der Waals surface area (Å²) in [7, 11) is 0. The molecule has 116 valence electrons. The first kappa shape index (κ1) is 17.4. The van der Waals surface area contributed by atoms with Gasteiger partial charge < -0.3 is 9.47 Å². The van der Waals surface area contributed by atoms with Crippen LogP contribution in [0.4, 0.5) is 0 Å². The molecular weight excluding hydrogens is 262 g/mol. The predicted molar refractivity (Wildman–Crippen MR) is 87.9 cm³/mol. The minimum absolute atomic E-state index is 0.232. The topological polar surface area (TPSA) is 30.5 Å². The van der Waals surface area contributed by atoms with Crippen molar-refractivity contribution in [2.45, 2.75) is 46.6 Å². The molecule has 0 spiro atoms. The lowest BCUT2D eigenvalue weighted by Gasteiger charge is -2.17. The number of benzene rings is 1. The monoisotopic (exact) mass is 289 g/mol. The van der Waals surface area contributed by atoms with Gasteiger partial charge in [0.2, 0.25) is 0 Å². The SMILES string of the molecule is CC#CCNC(C)c1ccc(OCCC)c(OCCC)c1. The van der Waals surface area contributed by atoms with Gasteiger partial charge >= 0.3 is 0 Å². The maximum absolute atomic E-state index is 5.82. The standard InChI is InChI=1S/C18H27NO2/c1-5-8-11-19-15(4)16-9-10-17(20-12-6-2)18(14-16)21-13-7-3/h9-10,14-15,19H,6-7,11-13H2,1-4H3. The fourth-order valence-corrected chi connectivity index (χ4v) is 1.86. The summed E-state index contributed by atoms with van der Waals surface area (Å²) in [6.45, 7) is 10.3. The molecule has 3 nitrogen and oxygen atoms in total. The molecule has 0 aliphatic rings. The Hall–Kier alpha value is -1.66. The summed E-state index contributed by atoms with van der Waals surface area (Å²) in [6, 6.07) is 6.38. The van der Waals surface area contributed by atoms with Crippen molar-refractivity contribution in [3.05, 3.63) is 23.8 Å². The summed E-state index contributed by atoms with van der Waals surface area (Å²) in [5, 5.41) is 3.38. The number of hydrogen-bond acceptors (Lipinski definition) is 3. The molecule has 0 heterocycles. The van der Waals surface area contributed by atoms with Gasteiger partial charge in [0.15, 0.2) is 11.5 Å². The van der Waals surface area contributed by atoms with Crippen molar-refractivity contribution in [2.24, 2.45) is 0 Å². The lowest BCUT2D eigenvalue weighted by molar-refractivity contribution is 0.268. The van der Waals surface area contributed by atoms with Crippen molar-refractivity contribution in [2.75, 3.05) is 19.8 Å². The number of hydrogen-bond donors (Lipinski definition) is 1. The van der Waals surface area contributed by atoms with Gasteiger partial charge in [0.1, 0.15) is 0 Å². The molecule has 1 aromatic carbocycles. The molecule has 1 aromatic rings. The molecule has 1 unspecified atom stereocenters. The van der Waals surface area contributed by atoms with Crippen molar-refractivity contribution < 1.29 is 9.47 Å². The Morgan fingerprint density at radius 1 is 1.10 bits per heavy atom. The maximum atomic E-state index is 5.82. The molecule has 0 amide bonds. The van der Waals surface area contributed by atoms with Crippen LogP contribution < -0.4 is 14.8 Å². The zero-order chi connectivity index (χ0) is 15.5.